The Morgan fingerprint density at radius 1 is 0.317 bits per heavy atom. The number of hydrogen-bond acceptors (Lipinski definition) is 4. The van der Waals surface area contributed by atoms with E-state index >= 15 is 0 Å². The van der Waals surface area contributed by atoms with Gasteiger partial charge in [-0.05, 0) is 57.3 Å². The van der Waals surface area contributed by atoms with Crippen LogP contribution in [0, 0.1) is 0 Å². The lowest BCUT2D eigenvalue weighted by atomic mass is 10.00. The predicted octanol–water partition coefficient (Wildman–Crippen LogP) is 14.8. The summed E-state index contributed by atoms with van der Waals surface area (Å²) in [6.45, 7) is 0. The maximum absolute atomic E-state index is 5.31. The number of para-hydroxylation sites is 2. The van der Waals surface area contributed by atoms with Gasteiger partial charge in [0.05, 0.1) is 16.7 Å². The monoisotopic (exact) mass is 782 g/mol. The third-order valence-electron chi connectivity index (χ3n) is 11.7. The smallest absolute Gasteiger partial charge is 0.166 e. The molecular weight excluding hydrogens is 749 g/mol. The summed E-state index contributed by atoms with van der Waals surface area (Å²) in [5.41, 5.74) is 10.7. The topological polar surface area (TPSA) is 43.6 Å². The molecule has 3 heterocycles. The van der Waals surface area contributed by atoms with Gasteiger partial charge in [0, 0.05) is 47.6 Å². The van der Waals surface area contributed by atoms with Gasteiger partial charge in [-0.1, -0.05) is 182 Å². The molecule has 0 saturated carbocycles. The third kappa shape index (κ3) is 5.63. The van der Waals surface area contributed by atoms with Crippen LogP contribution in [-0.2, 0) is 0 Å². The summed E-state index contributed by atoms with van der Waals surface area (Å²) in [5, 5.41) is 7.55. The van der Waals surface area contributed by atoms with Crippen molar-refractivity contribution >= 4 is 64.1 Å². The van der Waals surface area contributed by atoms with Crippen molar-refractivity contribution in [2.24, 2.45) is 0 Å². The molecule has 60 heavy (non-hydrogen) atoms. The van der Waals surface area contributed by atoms with Crippen LogP contribution in [0.3, 0.4) is 0 Å². The zero-order chi connectivity index (χ0) is 39.6. The highest BCUT2D eigenvalue weighted by atomic mass is 32.1. The van der Waals surface area contributed by atoms with Crippen molar-refractivity contribution in [3.05, 3.63) is 206 Å². The minimum atomic E-state index is 0.613. The van der Waals surface area contributed by atoms with Gasteiger partial charge >= 0.3 is 0 Å². The van der Waals surface area contributed by atoms with Crippen LogP contribution in [0.4, 0.5) is 0 Å². The van der Waals surface area contributed by atoms with E-state index in [9.17, 15) is 0 Å². The van der Waals surface area contributed by atoms with E-state index in [1.165, 1.54) is 47.3 Å². The quantitative estimate of drug-likeness (QED) is 0.169. The molecule has 0 spiro atoms. The largest absolute Gasteiger partial charge is 0.308 e. The van der Waals surface area contributed by atoms with Crippen LogP contribution in [0.5, 0.6) is 0 Å². The standard InChI is InChI=1S/C55H34N4S/c1-3-14-35(15-4-1)40-31-33-47(50(34-40)59-48-24-11-9-20-43(48)44-21-10-12-25-49(44)59)55-57-53(38-17-5-2-6-18-38)56-54(58-55)39-28-26-37(27-29-39)42-22-13-23-45-46-32-30-36-16-7-8-19-41(36)52(46)60-51(42)45/h1-34H. The Bertz CT molecular complexity index is 3530. The maximum atomic E-state index is 5.31. The number of aromatic nitrogens is 4. The highest BCUT2D eigenvalue weighted by molar-refractivity contribution is 7.27. The van der Waals surface area contributed by atoms with Gasteiger partial charge < -0.3 is 4.57 Å². The van der Waals surface area contributed by atoms with Crippen LogP contribution >= 0.6 is 11.3 Å². The van der Waals surface area contributed by atoms with Crippen molar-refractivity contribution in [1.29, 1.82) is 0 Å². The second-order valence-electron chi connectivity index (χ2n) is 15.2. The summed E-state index contributed by atoms with van der Waals surface area (Å²) in [6.07, 6.45) is 0. The first-order valence-corrected chi connectivity index (χ1v) is 21.0. The van der Waals surface area contributed by atoms with E-state index in [0.717, 1.165) is 50.1 Å². The Balaban J connectivity index is 1.04. The van der Waals surface area contributed by atoms with E-state index in [1.807, 2.05) is 29.5 Å². The molecule has 0 aliphatic heterocycles. The average Bonchev–Trinajstić information content (AvgIpc) is 3.88. The first-order valence-electron chi connectivity index (χ1n) is 20.2. The first kappa shape index (κ1) is 34.3. The number of hydrogen-bond donors (Lipinski definition) is 0. The molecule has 4 nitrogen and oxygen atoms in total. The summed E-state index contributed by atoms with van der Waals surface area (Å²) in [6, 6.07) is 73.2. The van der Waals surface area contributed by atoms with Crippen LogP contribution < -0.4 is 0 Å². The lowest BCUT2D eigenvalue weighted by Gasteiger charge is -2.16. The van der Waals surface area contributed by atoms with Crippen LogP contribution in [-0.4, -0.2) is 19.5 Å². The van der Waals surface area contributed by atoms with E-state index in [4.69, 9.17) is 15.0 Å². The molecule has 0 N–H and O–H groups in total. The molecule has 12 rings (SSSR count). The molecular formula is C55H34N4S. The van der Waals surface area contributed by atoms with E-state index in [2.05, 4.69) is 193 Å². The Hall–Kier alpha value is -7.73. The van der Waals surface area contributed by atoms with Gasteiger partial charge in [-0.3, -0.25) is 0 Å². The zero-order valence-corrected chi connectivity index (χ0v) is 33.1. The van der Waals surface area contributed by atoms with Crippen molar-refractivity contribution in [1.82, 2.24) is 19.5 Å². The summed E-state index contributed by atoms with van der Waals surface area (Å²) >= 11 is 1.88. The van der Waals surface area contributed by atoms with Crippen LogP contribution in [0.1, 0.15) is 0 Å². The molecule has 0 bridgehead atoms. The molecule has 0 aliphatic carbocycles. The Morgan fingerprint density at radius 3 is 1.57 bits per heavy atom. The summed E-state index contributed by atoms with van der Waals surface area (Å²) in [4.78, 5) is 15.7. The first-order chi connectivity index (χ1) is 29.7. The number of thiophene rings is 1. The highest BCUT2D eigenvalue weighted by Crippen LogP contribution is 2.43. The summed E-state index contributed by atoms with van der Waals surface area (Å²) in [7, 11) is 0. The Kier molecular flexibility index (Phi) is 8.00. The third-order valence-corrected chi connectivity index (χ3v) is 13.0. The minimum Gasteiger partial charge on any atom is -0.308 e. The van der Waals surface area contributed by atoms with E-state index in [-0.39, 0.29) is 0 Å². The molecule has 0 atom stereocenters. The fourth-order valence-electron chi connectivity index (χ4n) is 8.79. The van der Waals surface area contributed by atoms with E-state index in [1.54, 1.807) is 0 Å². The molecule has 3 aromatic heterocycles. The maximum Gasteiger partial charge on any atom is 0.166 e. The molecule has 0 saturated heterocycles. The van der Waals surface area contributed by atoms with Crippen molar-refractivity contribution in [2.75, 3.05) is 0 Å². The summed E-state index contributed by atoms with van der Waals surface area (Å²) in [5.74, 6) is 1.86. The number of rotatable bonds is 6. The SMILES string of the molecule is c1ccc(-c2ccc(-c3nc(-c4ccccc4)nc(-c4ccc(-c5cccc6c5sc5c7ccccc7ccc65)cc4)n3)c(-n3c4ccccc4c4ccccc43)c2)cc1. The van der Waals surface area contributed by atoms with E-state index in [0.29, 0.717) is 17.5 Å². The van der Waals surface area contributed by atoms with Crippen molar-refractivity contribution in [3.8, 4) is 62.1 Å². The molecule has 0 aliphatic rings. The molecule has 280 valence electrons. The summed E-state index contributed by atoms with van der Waals surface area (Å²) < 4.78 is 4.99. The average molecular weight is 783 g/mol. The predicted molar refractivity (Wildman–Crippen MR) is 252 cm³/mol. The molecule has 0 fully saturated rings. The second kappa shape index (κ2) is 14.0. The molecule has 0 radical (unpaired) electrons. The van der Waals surface area contributed by atoms with E-state index < -0.39 is 0 Å². The minimum absolute atomic E-state index is 0.613. The molecule has 12 aromatic rings. The fourth-order valence-corrected chi connectivity index (χ4v) is 10.2. The van der Waals surface area contributed by atoms with Crippen LogP contribution in [0.25, 0.3) is 115 Å². The van der Waals surface area contributed by atoms with Gasteiger partial charge in [-0.15, -0.1) is 11.3 Å². The van der Waals surface area contributed by atoms with Crippen molar-refractivity contribution in [2.45, 2.75) is 0 Å². The lowest BCUT2D eigenvalue weighted by molar-refractivity contribution is 1.06. The number of nitrogens with zero attached hydrogens (tertiary/aromatic N) is 4. The number of benzene rings is 9. The van der Waals surface area contributed by atoms with Gasteiger partial charge in [0.15, 0.2) is 17.5 Å². The van der Waals surface area contributed by atoms with Crippen LogP contribution in [0.15, 0.2) is 206 Å². The molecule has 5 heteroatoms. The van der Waals surface area contributed by atoms with Crippen LogP contribution in [0.2, 0.25) is 0 Å². The number of fused-ring (bicyclic) bond motifs is 8. The van der Waals surface area contributed by atoms with Gasteiger partial charge in [0.25, 0.3) is 0 Å². The van der Waals surface area contributed by atoms with Gasteiger partial charge in [0.1, 0.15) is 0 Å². The molecule has 0 amide bonds. The van der Waals surface area contributed by atoms with Gasteiger partial charge in [0.2, 0.25) is 0 Å². The van der Waals surface area contributed by atoms with Crippen molar-refractivity contribution in [3.63, 3.8) is 0 Å². The molecule has 9 aromatic carbocycles. The zero-order valence-electron chi connectivity index (χ0n) is 32.3. The molecule has 0 unspecified atom stereocenters. The van der Waals surface area contributed by atoms with Gasteiger partial charge in [-0.2, -0.15) is 0 Å². The second-order valence-corrected chi connectivity index (χ2v) is 16.2. The van der Waals surface area contributed by atoms with Gasteiger partial charge in [-0.25, -0.2) is 15.0 Å². The van der Waals surface area contributed by atoms with Crippen molar-refractivity contribution < 1.29 is 0 Å². The Morgan fingerprint density at radius 2 is 0.850 bits per heavy atom. The Labute approximate surface area is 350 Å². The normalized spacial score (nSPS) is 11.7. The fraction of sp³-hybridized carbons (Fsp3) is 0. The highest BCUT2D eigenvalue weighted by Gasteiger charge is 2.21. The lowest BCUT2D eigenvalue weighted by Crippen LogP contribution is -2.04.